The molecule has 1 saturated heterocycles. The molecule has 2 aromatic rings. The topological polar surface area (TPSA) is 95.6 Å². The molecule has 2 heterocycles. The molecule has 0 amide bonds. The summed E-state index contributed by atoms with van der Waals surface area (Å²) in [5, 5.41) is 10.3. The van der Waals surface area contributed by atoms with Gasteiger partial charge in [0.2, 0.25) is 0 Å². The second-order valence-electron chi connectivity index (χ2n) is 9.69. The fraction of sp³-hybridized carbons (Fsp3) is 0.542. The van der Waals surface area contributed by atoms with E-state index in [1.165, 1.54) is 12.4 Å². The highest BCUT2D eigenvalue weighted by Crippen LogP contribution is 2.42. The normalized spacial score (nSPS) is 23.8. The zero-order chi connectivity index (χ0) is 23.8. The Hall–Kier alpha value is -2.49. The van der Waals surface area contributed by atoms with Gasteiger partial charge in [-0.15, -0.1) is 0 Å². The first-order chi connectivity index (χ1) is 15.7. The molecule has 7 nitrogen and oxygen atoms in total. The van der Waals surface area contributed by atoms with Crippen molar-refractivity contribution >= 4 is 12.1 Å². The van der Waals surface area contributed by atoms with Gasteiger partial charge in [-0.25, -0.2) is 18.7 Å². The number of anilines is 1. The monoisotopic (exact) mass is 459 g/mol. The third-order valence-corrected chi connectivity index (χ3v) is 6.76. The Morgan fingerprint density at radius 3 is 2.64 bits per heavy atom. The largest absolute Gasteiger partial charge is 0.387 e. The van der Waals surface area contributed by atoms with E-state index in [4.69, 9.17) is 5.73 Å². The van der Waals surface area contributed by atoms with Gasteiger partial charge in [-0.3, -0.25) is 4.90 Å². The highest BCUT2D eigenvalue weighted by Gasteiger charge is 2.34. The van der Waals surface area contributed by atoms with Gasteiger partial charge >= 0.3 is 0 Å². The molecule has 2 aliphatic rings. The molecule has 0 saturated carbocycles. The van der Waals surface area contributed by atoms with E-state index in [2.05, 4.69) is 26.7 Å². The van der Waals surface area contributed by atoms with Gasteiger partial charge in [-0.1, -0.05) is 13.0 Å². The average molecular weight is 460 g/mol. The highest BCUT2D eigenvalue weighted by molar-refractivity contribution is 5.62. The summed E-state index contributed by atoms with van der Waals surface area (Å²) in [4.78, 5) is 25.0. The fourth-order valence-electron chi connectivity index (χ4n) is 5.14. The first-order valence-corrected chi connectivity index (χ1v) is 11.4. The number of halogens is 2. The molecule has 3 N–H and O–H groups in total. The van der Waals surface area contributed by atoms with Crippen LogP contribution in [0.15, 0.2) is 24.5 Å². The zero-order valence-corrected chi connectivity index (χ0v) is 19.0. The maximum atomic E-state index is 13.6. The number of hydrogen-bond acceptors (Lipinski definition) is 7. The van der Waals surface area contributed by atoms with Crippen LogP contribution in [0.2, 0.25) is 0 Å². The summed E-state index contributed by atoms with van der Waals surface area (Å²) >= 11 is 0. The van der Waals surface area contributed by atoms with E-state index in [9.17, 15) is 18.7 Å². The third-order valence-electron chi connectivity index (χ3n) is 6.76. The lowest BCUT2D eigenvalue weighted by Gasteiger charge is -2.40. The number of aliphatic hydroxyl groups is 1. The first kappa shape index (κ1) is 23.7. The summed E-state index contributed by atoms with van der Waals surface area (Å²) in [5.41, 5.74) is 8.08. The first-order valence-electron chi connectivity index (χ1n) is 11.4. The van der Waals surface area contributed by atoms with E-state index < -0.39 is 29.2 Å². The van der Waals surface area contributed by atoms with Crippen molar-refractivity contribution in [2.45, 2.75) is 50.2 Å². The number of piperazine rings is 1. The Labute approximate surface area is 192 Å². The molecule has 33 heavy (non-hydrogen) atoms. The van der Waals surface area contributed by atoms with Crippen LogP contribution in [0.4, 0.5) is 14.6 Å². The van der Waals surface area contributed by atoms with E-state index in [1.807, 2.05) is 6.92 Å². The molecule has 1 aromatic carbocycles. The fourth-order valence-corrected chi connectivity index (χ4v) is 5.14. The van der Waals surface area contributed by atoms with Crippen molar-refractivity contribution in [3.8, 4) is 0 Å². The molecular formula is C24H31F2N5O2. The standard InChI is InChI=1S/C24H31F2N5O2/c1-15-9-20(33)22-21(15)23(29-14-28-22)31-7-5-30(6-8-31)13-24(2,27)11-17(12-32)16-3-4-18(25)19(26)10-16/h3-4,10,12,14-15,17,20,33H,5-9,11,13,27H2,1-2H3/t15-,17?,20-,24?/m1/s1. The van der Waals surface area contributed by atoms with Crippen LogP contribution >= 0.6 is 0 Å². The van der Waals surface area contributed by atoms with Crippen LogP contribution in [0.5, 0.6) is 0 Å². The van der Waals surface area contributed by atoms with Gasteiger partial charge in [0, 0.05) is 49.7 Å². The molecule has 178 valence electrons. The van der Waals surface area contributed by atoms with Crippen LogP contribution in [0.3, 0.4) is 0 Å². The van der Waals surface area contributed by atoms with Crippen LogP contribution in [0.1, 0.15) is 61.4 Å². The minimum absolute atomic E-state index is 0.216. The van der Waals surface area contributed by atoms with Gasteiger partial charge < -0.3 is 20.5 Å². The van der Waals surface area contributed by atoms with Gasteiger partial charge in [-0.2, -0.15) is 0 Å². The predicted molar refractivity (Wildman–Crippen MR) is 121 cm³/mol. The predicted octanol–water partition coefficient (Wildman–Crippen LogP) is 2.51. The zero-order valence-electron chi connectivity index (χ0n) is 19.0. The Morgan fingerprint density at radius 2 is 1.97 bits per heavy atom. The third kappa shape index (κ3) is 5.05. The van der Waals surface area contributed by atoms with Crippen LogP contribution in [-0.2, 0) is 4.79 Å². The smallest absolute Gasteiger partial charge is 0.159 e. The van der Waals surface area contributed by atoms with Gasteiger partial charge in [0.05, 0.1) is 11.8 Å². The number of nitrogens with zero attached hydrogens (tertiary/aromatic N) is 4. The summed E-state index contributed by atoms with van der Waals surface area (Å²) in [6, 6.07) is 3.55. The number of aromatic nitrogens is 2. The van der Waals surface area contributed by atoms with Gasteiger partial charge in [0.25, 0.3) is 0 Å². The number of carbonyl (C=O) groups is 1. The number of carbonyl (C=O) groups excluding carboxylic acids is 1. The summed E-state index contributed by atoms with van der Waals surface area (Å²) in [6.07, 6.45) is 2.74. The number of fused-ring (bicyclic) bond motifs is 1. The average Bonchev–Trinajstić information content (AvgIpc) is 3.08. The lowest BCUT2D eigenvalue weighted by atomic mass is 9.85. The molecular weight excluding hydrogens is 428 g/mol. The Morgan fingerprint density at radius 1 is 1.24 bits per heavy atom. The van der Waals surface area contributed by atoms with Crippen molar-refractivity contribution in [2.24, 2.45) is 5.73 Å². The van der Waals surface area contributed by atoms with Gasteiger partial charge in [-0.05, 0) is 43.4 Å². The summed E-state index contributed by atoms with van der Waals surface area (Å²) in [7, 11) is 0. The number of aliphatic hydroxyl groups excluding tert-OH is 1. The summed E-state index contributed by atoms with van der Waals surface area (Å²) < 4.78 is 26.9. The second-order valence-corrected chi connectivity index (χ2v) is 9.69. The lowest BCUT2D eigenvalue weighted by molar-refractivity contribution is -0.109. The molecule has 0 radical (unpaired) electrons. The SMILES string of the molecule is C[C@@H]1C[C@@H](O)c2ncnc(N3CCN(CC(C)(N)CC(C=O)c4ccc(F)c(F)c4)CC3)c21. The molecule has 1 aromatic heterocycles. The van der Waals surface area contributed by atoms with Crippen LogP contribution in [-0.4, -0.2) is 64.5 Å². The number of benzene rings is 1. The minimum atomic E-state index is -0.966. The van der Waals surface area contributed by atoms with Gasteiger partial charge in [0.1, 0.15) is 18.4 Å². The van der Waals surface area contributed by atoms with Crippen molar-refractivity contribution in [3.63, 3.8) is 0 Å². The molecule has 4 rings (SSSR count). The molecule has 9 heteroatoms. The van der Waals surface area contributed by atoms with Crippen LogP contribution in [0, 0.1) is 11.6 Å². The van der Waals surface area contributed by atoms with E-state index in [0.29, 0.717) is 24.9 Å². The Kier molecular flexibility index (Phi) is 6.74. The number of nitrogens with two attached hydrogens (primary N) is 1. The summed E-state index contributed by atoms with van der Waals surface area (Å²) in [6.45, 7) is 7.64. The maximum Gasteiger partial charge on any atom is 0.159 e. The maximum absolute atomic E-state index is 13.6. The number of aldehydes is 1. The van der Waals surface area contributed by atoms with Gasteiger partial charge in [0.15, 0.2) is 11.6 Å². The van der Waals surface area contributed by atoms with Crippen molar-refractivity contribution in [1.82, 2.24) is 14.9 Å². The van der Waals surface area contributed by atoms with Crippen LogP contribution < -0.4 is 10.6 Å². The van der Waals surface area contributed by atoms with Crippen LogP contribution in [0.25, 0.3) is 0 Å². The van der Waals surface area contributed by atoms with Crippen molar-refractivity contribution < 1.29 is 18.7 Å². The minimum Gasteiger partial charge on any atom is -0.387 e. The van der Waals surface area contributed by atoms with Crippen molar-refractivity contribution in [3.05, 3.63) is 53.0 Å². The molecule has 2 unspecified atom stereocenters. The highest BCUT2D eigenvalue weighted by atomic mass is 19.2. The molecule has 1 aliphatic carbocycles. The van der Waals surface area contributed by atoms with E-state index in [1.54, 1.807) is 0 Å². The molecule has 1 aliphatic heterocycles. The van der Waals surface area contributed by atoms with E-state index in [-0.39, 0.29) is 5.92 Å². The molecule has 4 atom stereocenters. The van der Waals surface area contributed by atoms with E-state index >= 15 is 0 Å². The van der Waals surface area contributed by atoms with Crippen molar-refractivity contribution in [2.75, 3.05) is 37.6 Å². The Balaban J connectivity index is 1.37. The summed E-state index contributed by atoms with van der Waals surface area (Å²) in [5.74, 6) is -1.39. The lowest BCUT2D eigenvalue weighted by Crippen LogP contribution is -2.55. The van der Waals surface area contributed by atoms with E-state index in [0.717, 1.165) is 61.7 Å². The molecule has 0 bridgehead atoms. The molecule has 1 fully saturated rings. The number of rotatable bonds is 7. The second kappa shape index (κ2) is 9.40. The molecule has 0 spiro atoms. The Bertz CT molecular complexity index is 1010. The number of hydrogen-bond donors (Lipinski definition) is 2. The van der Waals surface area contributed by atoms with Crippen molar-refractivity contribution in [1.29, 1.82) is 0 Å². The quantitative estimate of drug-likeness (QED) is 0.614.